The van der Waals surface area contributed by atoms with Gasteiger partial charge in [-0.3, -0.25) is 9.59 Å². The zero-order valence-electron chi connectivity index (χ0n) is 14.3. The van der Waals surface area contributed by atoms with E-state index in [0.29, 0.717) is 10.0 Å². The third-order valence-corrected chi connectivity index (χ3v) is 5.36. The average Bonchev–Trinajstić information content (AvgIpc) is 3.44. The van der Waals surface area contributed by atoms with E-state index in [4.69, 9.17) is 27.9 Å². The average molecular weight is 392 g/mol. The first-order valence-corrected chi connectivity index (χ1v) is 9.15. The third kappa shape index (κ3) is 4.02. The van der Waals surface area contributed by atoms with Gasteiger partial charge in [-0.05, 0) is 43.0 Å². The van der Waals surface area contributed by atoms with E-state index in [1.54, 1.807) is 18.2 Å². The molecule has 1 N–H and O–H groups in total. The summed E-state index contributed by atoms with van der Waals surface area (Å²) in [6.45, 7) is 1.52. The van der Waals surface area contributed by atoms with Crippen molar-refractivity contribution in [1.82, 2.24) is 5.32 Å². The molecule has 0 bridgehead atoms. The fourth-order valence-corrected chi connectivity index (χ4v) is 3.22. The second-order valence-electron chi connectivity index (χ2n) is 6.49. The topological polar surface area (TPSA) is 55.4 Å². The van der Waals surface area contributed by atoms with E-state index < -0.39 is 5.41 Å². The van der Waals surface area contributed by atoms with Crippen molar-refractivity contribution in [2.24, 2.45) is 0 Å². The summed E-state index contributed by atoms with van der Waals surface area (Å²) < 4.78 is 5.27. The molecule has 0 aliphatic heterocycles. The summed E-state index contributed by atoms with van der Waals surface area (Å²) in [7, 11) is 0. The van der Waals surface area contributed by atoms with Gasteiger partial charge in [-0.25, -0.2) is 0 Å². The van der Waals surface area contributed by atoms with Crippen molar-refractivity contribution < 1.29 is 14.3 Å². The van der Waals surface area contributed by atoms with Crippen LogP contribution in [0.3, 0.4) is 0 Å². The molecule has 6 heteroatoms. The Morgan fingerprint density at radius 3 is 2.42 bits per heavy atom. The molecule has 2 aromatic rings. The number of halogens is 2. The van der Waals surface area contributed by atoms with Gasteiger partial charge in [-0.1, -0.05) is 59.6 Å². The SMILES string of the molecule is C[C@H](NC(=O)COC(=O)C1(c2ccccc2)CC1)c1ccc(Cl)c(Cl)c1. The number of nitrogens with one attached hydrogen (secondary N) is 1. The summed E-state index contributed by atoms with van der Waals surface area (Å²) in [5.41, 5.74) is 1.17. The fourth-order valence-electron chi connectivity index (χ4n) is 2.91. The molecule has 26 heavy (non-hydrogen) atoms. The first-order chi connectivity index (χ1) is 12.4. The number of benzene rings is 2. The lowest BCUT2D eigenvalue weighted by molar-refractivity contribution is -0.151. The normalized spacial score (nSPS) is 15.8. The van der Waals surface area contributed by atoms with E-state index in [9.17, 15) is 9.59 Å². The van der Waals surface area contributed by atoms with Crippen LogP contribution in [0.1, 0.15) is 36.9 Å². The van der Waals surface area contributed by atoms with Gasteiger partial charge in [0.15, 0.2) is 6.61 Å². The Kier molecular flexibility index (Phi) is 5.54. The molecule has 1 saturated carbocycles. The molecule has 0 heterocycles. The fraction of sp³-hybridized carbons (Fsp3) is 0.300. The number of hydrogen-bond donors (Lipinski definition) is 1. The molecule has 1 aliphatic carbocycles. The standard InChI is InChI=1S/C20H19Cl2NO3/c1-13(14-7-8-16(21)17(22)11-14)23-18(24)12-26-19(25)20(9-10-20)15-5-3-2-4-6-15/h2-8,11,13H,9-10,12H2,1H3,(H,23,24)/t13-/m0/s1. The molecule has 1 fully saturated rings. The minimum absolute atomic E-state index is 0.278. The number of amides is 1. The van der Waals surface area contributed by atoms with E-state index in [0.717, 1.165) is 24.0 Å². The lowest BCUT2D eigenvalue weighted by atomic mass is 9.96. The van der Waals surface area contributed by atoms with Crippen LogP contribution in [0, 0.1) is 0 Å². The number of hydrogen-bond acceptors (Lipinski definition) is 3. The van der Waals surface area contributed by atoms with Crippen LogP contribution in [-0.2, 0) is 19.7 Å². The first kappa shape index (κ1) is 18.7. The van der Waals surface area contributed by atoms with Crippen molar-refractivity contribution in [1.29, 1.82) is 0 Å². The second kappa shape index (κ2) is 7.68. The zero-order valence-corrected chi connectivity index (χ0v) is 15.8. The molecule has 0 unspecified atom stereocenters. The highest BCUT2D eigenvalue weighted by Gasteiger charge is 2.52. The Balaban J connectivity index is 1.54. The predicted octanol–water partition coefficient (Wildman–Crippen LogP) is 4.45. The van der Waals surface area contributed by atoms with Gasteiger partial charge in [0.25, 0.3) is 5.91 Å². The van der Waals surface area contributed by atoms with Crippen LogP contribution < -0.4 is 5.32 Å². The molecule has 1 atom stereocenters. The predicted molar refractivity (Wildman–Crippen MR) is 101 cm³/mol. The Morgan fingerprint density at radius 2 is 1.81 bits per heavy atom. The van der Waals surface area contributed by atoms with E-state index in [1.807, 2.05) is 37.3 Å². The molecule has 1 aliphatic rings. The van der Waals surface area contributed by atoms with Crippen molar-refractivity contribution in [3.05, 3.63) is 69.7 Å². The number of carbonyl (C=O) groups excluding carboxylic acids is 2. The van der Waals surface area contributed by atoms with Gasteiger partial charge in [0.1, 0.15) is 0 Å². The van der Waals surface area contributed by atoms with E-state index in [2.05, 4.69) is 5.32 Å². The highest BCUT2D eigenvalue weighted by molar-refractivity contribution is 6.42. The van der Waals surface area contributed by atoms with Gasteiger partial charge in [-0.15, -0.1) is 0 Å². The van der Waals surface area contributed by atoms with Crippen LogP contribution in [0.25, 0.3) is 0 Å². The molecule has 0 saturated heterocycles. The largest absolute Gasteiger partial charge is 0.455 e. The lowest BCUT2D eigenvalue weighted by Crippen LogP contribution is -2.33. The van der Waals surface area contributed by atoms with E-state index in [-0.39, 0.29) is 24.5 Å². The van der Waals surface area contributed by atoms with Crippen molar-refractivity contribution in [2.75, 3.05) is 6.61 Å². The van der Waals surface area contributed by atoms with Crippen LogP contribution in [0.4, 0.5) is 0 Å². The monoisotopic (exact) mass is 391 g/mol. The van der Waals surface area contributed by atoms with Crippen LogP contribution in [0.5, 0.6) is 0 Å². The van der Waals surface area contributed by atoms with Crippen LogP contribution in [-0.4, -0.2) is 18.5 Å². The summed E-state index contributed by atoms with van der Waals surface area (Å²) in [5.74, 6) is -0.707. The van der Waals surface area contributed by atoms with E-state index in [1.165, 1.54) is 0 Å². The first-order valence-electron chi connectivity index (χ1n) is 8.39. The molecule has 4 nitrogen and oxygen atoms in total. The van der Waals surface area contributed by atoms with Crippen molar-refractivity contribution in [3.8, 4) is 0 Å². The number of carbonyl (C=O) groups is 2. The molecule has 1 amide bonds. The van der Waals surface area contributed by atoms with Gasteiger partial charge in [0.2, 0.25) is 0 Å². The number of rotatable bonds is 6. The van der Waals surface area contributed by atoms with Gasteiger partial charge in [0.05, 0.1) is 21.5 Å². The molecule has 136 valence electrons. The Labute approximate surface area is 162 Å². The maximum Gasteiger partial charge on any atom is 0.317 e. The van der Waals surface area contributed by atoms with Crippen LogP contribution >= 0.6 is 23.2 Å². The minimum Gasteiger partial charge on any atom is -0.455 e. The summed E-state index contributed by atoms with van der Waals surface area (Å²) in [6.07, 6.45) is 1.49. The van der Waals surface area contributed by atoms with Gasteiger partial charge in [0, 0.05) is 0 Å². The Bertz CT molecular complexity index is 819. The van der Waals surface area contributed by atoms with E-state index >= 15 is 0 Å². The maximum absolute atomic E-state index is 12.4. The summed E-state index contributed by atoms with van der Waals surface area (Å²) >= 11 is 11.9. The third-order valence-electron chi connectivity index (χ3n) is 4.62. The Hall–Kier alpha value is -2.04. The smallest absolute Gasteiger partial charge is 0.317 e. The molecule has 0 spiro atoms. The highest BCUT2D eigenvalue weighted by Crippen LogP contribution is 2.49. The number of esters is 1. The molecular weight excluding hydrogens is 373 g/mol. The number of ether oxygens (including phenoxy) is 1. The molecule has 0 aromatic heterocycles. The van der Waals surface area contributed by atoms with Crippen LogP contribution in [0.2, 0.25) is 10.0 Å². The highest BCUT2D eigenvalue weighted by atomic mass is 35.5. The van der Waals surface area contributed by atoms with Crippen molar-refractivity contribution >= 4 is 35.1 Å². The Morgan fingerprint density at radius 1 is 1.12 bits per heavy atom. The van der Waals surface area contributed by atoms with Crippen LogP contribution in [0.15, 0.2) is 48.5 Å². The lowest BCUT2D eigenvalue weighted by Gasteiger charge is -2.17. The molecular formula is C20H19Cl2NO3. The van der Waals surface area contributed by atoms with Gasteiger partial charge >= 0.3 is 5.97 Å². The molecule has 2 aromatic carbocycles. The zero-order chi connectivity index (χ0) is 18.7. The molecule has 0 radical (unpaired) electrons. The second-order valence-corrected chi connectivity index (χ2v) is 7.30. The summed E-state index contributed by atoms with van der Waals surface area (Å²) in [5, 5.41) is 3.68. The maximum atomic E-state index is 12.4. The van der Waals surface area contributed by atoms with Gasteiger partial charge in [-0.2, -0.15) is 0 Å². The van der Waals surface area contributed by atoms with Crippen molar-refractivity contribution in [2.45, 2.75) is 31.2 Å². The summed E-state index contributed by atoms with van der Waals surface area (Å²) in [6, 6.07) is 14.4. The van der Waals surface area contributed by atoms with Gasteiger partial charge < -0.3 is 10.1 Å². The van der Waals surface area contributed by atoms with Crippen molar-refractivity contribution in [3.63, 3.8) is 0 Å². The minimum atomic E-state index is -0.586. The quantitative estimate of drug-likeness (QED) is 0.740. The molecule has 3 rings (SSSR count). The summed E-state index contributed by atoms with van der Waals surface area (Å²) in [4.78, 5) is 24.6.